The van der Waals surface area contributed by atoms with Crippen molar-refractivity contribution >= 4 is 39.9 Å². The largest absolute Gasteiger partial charge is 0.495 e. The van der Waals surface area contributed by atoms with Gasteiger partial charge in [0.1, 0.15) is 11.6 Å². The molecule has 0 aliphatic carbocycles. The van der Waals surface area contributed by atoms with E-state index in [0.717, 1.165) is 65.6 Å². The molecule has 2 aliphatic rings. The van der Waals surface area contributed by atoms with Crippen molar-refractivity contribution in [1.82, 2.24) is 9.88 Å². The van der Waals surface area contributed by atoms with Gasteiger partial charge in [-0.25, -0.2) is 4.98 Å². The lowest BCUT2D eigenvalue weighted by Crippen LogP contribution is -2.49. The van der Waals surface area contributed by atoms with Gasteiger partial charge >= 0.3 is 0 Å². The van der Waals surface area contributed by atoms with Crippen LogP contribution in [0.4, 0.5) is 17.2 Å². The van der Waals surface area contributed by atoms with Gasteiger partial charge in [-0.15, -0.1) is 0 Å². The van der Waals surface area contributed by atoms with Crippen molar-refractivity contribution < 1.29 is 14.3 Å². The van der Waals surface area contributed by atoms with Crippen LogP contribution in [0.1, 0.15) is 38.7 Å². The second-order valence-corrected chi connectivity index (χ2v) is 11.5. The van der Waals surface area contributed by atoms with Crippen molar-refractivity contribution in [2.45, 2.75) is 40.0 Å². The molecule has 1 aromatic heterocycles. The Morgan fingerprint density at radius 1 is 0.950 bits per heavy atom. The molecule has 2 saturated heterocycles. The minimum atomic E-state index is -0.154. The number of piperidine rings is 1. The molecule has 0 saturated carbocycles. The average Bonchev–Trinajstić information content (AvgIpc) is 2.95. The lowest BCUT2D eigenvalue weighted by molar-refractivity contribution is -0.133. The number of rotatable bonds is 7. The highest BCUT2D eigenvalue weighted by atomic mass is 16.5. The van der Waals surface area contributed by atoms with Crippen LogP contribution in [0.3, 0.4) is 0 Å². The number of amides is 2. The first-order valence-corrected chi connectivity index (χ1v) is 14.4. The average molecular weight is 544 g/mol. The highest BCUT2D eigenvalue weighted by Gasteiger charge is 2.24. The second-order valence-electron chi connectivity index (χ2n) is 11.5. The topological polar surface area (TPSA) is 78.0 Å². The maximum absolute atomic E-state index is 12.8. The molecule has 2 amide bonds. The van der Waals surface area contributed by atoms with Crippen LogP contribution >= 0.6 is 0 Å². The van der Waals surface area contributed by atoms with Crippen molar-refractivity contribution in [3.05, 3.63) is 54.1 Å². The summed E-state index contributed by atoms with van der Waals surface area (Å²) in [4.78, 5) is 37.0. The molecule has 2 atom stereocenters. The molecule has 0 spiro atoms. The predicted octanol–water partition coefficient (Wildman–Crippen LogP) is 5.10. The zero-order valence-electron chi connectivity index (χ0n) is 24.2. The van der Waals surface area contributed by atoms with Gasteiger partial charge in [-0.1, -0.05) is 26.0 Å². The van der Waals surface area contributed by atoms with Crippen LogP contribution in [0.25, 0.3) is 10.9 Å². The number of carbonyl (C=O) groups is 2. The standard InChI is InChI=1S/C32H41N5O3/c1-22-17-23(2)21-37(20-22)30-18-24(3)26-19-25(9-10-27(26)34-30)33-31(38)11-12-32(39)36-15-13-35(14-16-36)28-7-5-6-8-29(28)40-4/h5-10,18-19,22-23H,11-17,20-21H2,1-4H3,(H,33,38). The van der Waals surface area contributed by atoms with Crippen molar-refractivity contribution in [2.24, 2.45) is 11.8 Å². The fraction of sp³-hybridized carbons (Fsp3) is 0.469. The van der Waals surface area contributed by atoms with Gasteiger partial charge in [-0.3, -0.25) is 9.59 Å². The Hall–Kier alpha value is -3.81. The number of hydrogen-bond acceptors (Lipinski definition) is 6. The number of aromatic nitrogens is 1. The van der Waals surface area contributed by atoms with E-state index in [1.165, 1.54) is 6.42 Å². The number of fused-ring (bicyclic) bond motifs is 1. The van der Waals surface area contributed by atoms with Crippen LogP contribution in [0.5, 0.6) is 5.75 Å². The van der Waals surface area contributed by atoms with Crippen LogP contribution in [0.2, 0.25) is 0 Å². The molecule has 2 aliphatic heterocycles. The highest BCUT2D eigenvalue weighted by molar-refractivity contribution is 5.96. The molecule has 212 valence electrons. The van der Waals surface area contributed by atoms with Gasteiger partial charge in [0.25, 0.3) is 0 Å². The van der Waals surface area contributed by atoms with Crippen molar-refractivity contribution in [3.8, 4) is 5.75 Å². The Bertz CT molecular complexity index is 1360. The molecule has 8 heteroatoms. The number of nitrogens with zero attached hydrogens (tertiary/aromatic N) is 4. The van der Waals surface area contributed by atoms with E-state index < -0.39 is 0 Å². The third-order valence-corrected chi connectivity index (χ3v) is 8.10. The third kappa shape index (κ3) is 6.32. The summed E-state index contributed by atoms with van der Waals surface area (Å²) in [7, 11) is 1.67. The summed E-state index contributed by atoms with van der Waals surface area (Å²) in [5.74, 6) is 3.05. The quantitative estimate of drug-likeness (QED) is 0.447. The van der Waals surface area contributed by atoms with Crippen LogP contribution in [-0.4, -0.2) is 68.1 Å². The van der Waals surface area contributed by atoms with Gasteiger partial charge in [-0.2, -0.15) is 0 Å². The number of piperazine rings is 1. The van der Waals surface area contributed by atoms with Gasteiger partial charge < -0.3 is 24.8 Å². The van der Waals surface area contributed by atoms with Crippen molar-refractivity contribution in [2.75, 3.05) is 61.5 Å². The summed E-state index contributed by atoms with van der Waals surface area (Å²) in [5.41, 5.74) is 3.85. The molecule has 5 rings (SSSR count). The first kappa shape index (κ1) is 27.7. The molecule has 3 aromatic rings. The number of para-hydroxylation sites is 2. The maximum atomic E-state index is 12.8. The summed E-state index contributed by atoms with van der Waals surface area (Å²) >= 11 is 0. The fourth-order valence-electron chi connectivity index (χ4n) is 6.16. The molecule has 40 heavy (non-hydrogen) atoms. The van der Waals surface area contributed by atoms with Gasteiger partial charge in [0.05, 0.1) is 18.3 Å². The van der Waals surface area contributed by atoms with Crippen molar-refractivity contribution in [3.63, 3.8) is 0 Å². The lowest BCUT2D eigenvalue weighted by Gasteiger charge is -2.36. The Kier molecular flexibility index (Phi) is 8.43. The summed E-state index contributed by atoms with van der Waals surface area (Å²) in [6.45, 7) is 11.5. The third-order valence-electron chi connectivity index (χ3n) is 8.10. The zero-order valence-corrected chi connectivity index (χ0v) is 24.2. The number of benzene rings is 2. The van der Waals surface area contributed by atoms with E-state index in [1.54, 1.807) is 7.11 Å². The molecule has 3 heterocycles. The first-order valence-electron chi connectivity index (χ1n) is 14.4. The number of ether oxygens (including phenoxy) is 1. The van der Waals surface area contributed by atoms with E-state index in [9.17, 15) is 9.59 Å². The fourth-order valence-corrected chi connectivity index (χ4v) is 6.16. The summed E-state index contributed by atoms with van der Waals surface area (Å²) < 4.78 is 5.48. The molecular weight excluding hydrogens is 502 g/mol. The van der Waals surface area contributed by atoms with E-state index in [4.69, 9.17) is 9.72 Å². The maximum Gasteiger partial charge on any atom is 0.224 e. The molecule has 8 nitrogen and oxygen atoms in total. The Morgan fingerprint density at radius 3 is 2.40 bits per heavy atom. The monoisotopic (exact) mass is 543 g/mol. The minimum Gasteiger partial charge on any atom is -0.495 e. The van der Waals surface area contributed by atoms with Gasteiger partial charge in [0.2, 0.25) is 11.8 Å². The summed E-state index contributed by atoms with van der Waals surface area (Å²) in [6.07, 6.45) is 1.62. The minimum absolute atomic E-state index is 0.0160. The Balaban J connectivity index is 1.14. The van der Waals surface area contributed by atoms with E-state index >= 15 is 0 Å². The molecule has 2 unspecified atom stereocenters. The normalized spacial score (nSPS) is 19.6. The van der Waals surface area contributed by atoms with E-state index in [-0.39, 0.29) is 24.7 Å². The summed E-state index contributed by atoms with van der Waals surface area (Å²) in [5, 5.41) is 4.01. The highest BCUT2D eigenvalue weighted by Crippen LogP contribution is 2.30. The molecule has 0 bridgehead atoms. The first-order chi connectivity index (χ1) is 19.3. The SMILES string of the molecule is COc1ccccc1N1CCN(C(=O)CCC(=O)Nc2ccc3nc(N4CC(C)CC(C)C4)cc(C)c3c2)CC1. The van der Waals surface area contributed by atoms with Gasteiger partial charge in [-0.05, 0) is 67.1 Å². The second kappa shape index (κ2) is 12.1. The number of pyridine rings is 1. The van der Waals surface area contributed by atoms with E-state index in [1.807, 2.05) is 47.4 Å². The number of nitrogens with one attached hydrogen (secondary N) is 1. The molecule has 0 radical (unpaired) electrons. The van der Waals surface area contributed by atoms with E-state index in [2.05, 4.69) is 42.0 Å². The van der Waals surface area contributed by atoms with Crippen LogP contribution < -0.4 is 19.9 Å². The van der Waals surface area contributed by atoms with Crippen molar-refractivity contribution in [1.29, 1.82) is 0 Å². The van der Waals surface area contributed by atoms with Gasteiger partial charge in [0, 0.05) is 63.2 Å². The predicted molar refractivity (Wildman–Crippen MR) is 161 cm³/mol. The number of carbonyl (C=O) groups excluding carboxylic acids is 2. The van der Waals surface area contributed by atoms with Crippen LogP contribution in [0.15, 0.2) is 48.5 Å². The summed E-state index contributed by atoms with van der Waals surface area (Å²) in [6, 6.07) is 16.0. The molecule has 2 aromatic carbocycles. The number of hydrogen-bond donors (Lipinski definition) is 1. The Labute approximate surface area is 237 Å². The van der Waals surface area contributed by atoms with E-state index in [0.29, 0.717) is 24.9 Å². The van der Waals surface area contributed by atoms with Gasteiger partial charge in [0.15, 0.2) is 0 Å². The molecule has 2 fully saturated rings. The molecule has 1 N–H and O–H groups in total. The zero-order chi connectivity index (χ0) is 28.2. The lowest BCUT2D eigenvalue weighted by atomic mass is 9.92. The Morgan fingerprint density at radius 2 is 1.68 bits per heavy atom. The molecular formula is C32H41N5O3. The van der Waals surface area contributed by atoms with Crippen LogP contribution in [0, 0.1) is 18.8 Å². The number of anilines is 3. The number of aryl methyl sites for hydroxylation is 1. The number of methoxy groups -OCH3 is 1. The smallest absolute Gasteiger partial charge is 0.224 e. The van der Waals surface area contributed by atoms with Crippen LogP contribution in [-0.2, 0) is 9.59 Å².